The summed E-state index contributed by atoms with van der Waals surface area (Å²) in [7, 11) is 0. The lowest BCUT2D eigenvalue weighted by molar-refractivity contribution is 0.0167. The molecule has 0 bridgehead atoms. The number of aldehydes is 1. The molecule has 20 heavy (non-hydrogen) atoms. The van der Waals surface area contributed by atoms with Crippen LogP contribution in [0, 0.1) is 0 Å². The van der Waals surface area contributed by atoms with E-state index in [-0.39, 0.29) is 12.1 Å². The predicted octanol–water partition coefficient (Wildman–Crippen LogP) is 2.27. The van der Waals surface area contributed by atoms with Crippen LogP contribution in [-0.4, -0.2) is 45.8 Å². The Morgan fingerprint density at radius 3 is 2.85 bits per heavy atom. The molecule has 6 heteroatoms. The molecule has 0 aliphatic carbocycles. The van der Waals surface area contributed by atoms with Crippen molar-refractivity contribution in [2.45, 2.75) is 45.3 Å². The minimum Gasteiger partial charge on any atom is -0.444 e. The summed E-state index contributed by atoms with van der Waals surface area (Å²) in [6, 6.07) is 0.102. The topological polar surface area (TPSA) is 64.4 Å². The van der Waals surface area contributed by atoms with Crippen LogP contribution in [0.5, 0.6) is 0 Å². The van der Waals surface area contributed by atoms with Gasteiger partial charge in [0, 0.05) is 19.3 Å². The lowest BCUT2D eigenvalue weighted by Crippen LogP contribution is -2.43. The number of hydrogen-bond donors (Lipinski definition) is 0. The van der Waals surface area contributed by atoms with Gasteiger partial charge < -0.3 is 9.64 Å². The molecule has 1 saturated heterocycles. The van der Waals surface area contributed by atoms with Gasteiger partial charge in [-0.15, -0.1) is 0 Å². The number of hydrogen-bond acceptors (Lipinski definition) is 4. The third-order valence-corrected chi connectivity index (χ3v) is 3.18. The van der Waals surface area contributed by atoms with Gasteiger partial charge in [0.1, 0.15) is 5.60 Å². The van der Waals surface area contributed by atoms with Crippen LogP contribution in [0.25, 0.3) is 0 Å². The van der Waals surface area contributed by atoms with Gasteiger partial charge in [-0.2, -0.15) is 5.10 Å². The van der Waals surface area contributed by atoms with Gasteiger partial charge in [-0.25, -0.2) is 4.79 Å². The van der Waals surface area contributed by atoms with E-state index in [1.807, 2.05) is 20.8 Å². The minimum absolute atomic E-state index is 0.102. The summed E-state index contributed by atoms with van der Waals surface area (Å²) in [5.41, 5.74) is 0.0693. The van der Waals surface area contributed by atoms with Crippen molar-refractivity contribution in [3.8, 4) is 0 Å². The van der Waals surface area contributed by atoms with Crippen molar-refractivity contribution in [1.29, 1.82) is 0 Å². The highest BCUT2D eigenvalue weighted by molar-refractivity contribution is 5.73. The lowest BCUT2D eigenvalue weighted by Gasteiger charge is -2.34. The molecule has 1 aromatic rings. The van der Waals surface area contributed by atoms with Crippen LogP contribution >= 0.6 is 0 Å². The largest absolute Gasteiger partial charge is 0.444 e. The zero-order valence-corrected chi connectivity index (χ0v) is 12.2. The third-order valence-electron chi connectivity index (χ3n) is 3.18. The standard InChI is InChI=1S/C14H21N3O3/c1-14(2,3)20-13(19)16-6-4-5-12(9-16)17-8-11(10-18)7-15-17/h7-8,10,12H,4-6,9H2,1-3H3. The molecular weight excluding hydrogens is 258 g/mol. The second-order valence-corrected chi connectivity index (χ2v) is 6.09. The van der Waals surface area contributed by atoms with Crippen LogP contribution in [-0.2, 0) is 4.74 Å². The third kappa shape index (κ3) is 3.59. The van der Waals surface area contributed by atoms with E-state index in [2.05, 4.69) is 5.10 Å². The van der Waals surface area contributed by atoms with Crippen LogP contribution in [0.1, 0.15) is 50.0 Å². The van der Waals surface area contributed by atoms with Crippen LogP contribution in [0.3, 0.4) is 0 Å². The summed E-state index contributed by atoms with van der Waals surface area (Å²) < 4.78 is 7.15. The zero-order valence-electron chi connectivity index (χ0n) is 12.2. The number of carbonyl (C=O) groups excluding carboxylic acids is 2. The number of rotatable bonds is 2. The van der Waals surface area contributed by atoms with Crippen molar-refractivity contribution < 1.29 is 14.3 Å². The van der Waals surface area contributed by atoms with Gasteiger partial charge in [-0.05, 0) is 33.6 Å². The van der Waals surface area contributed by atoms with E-state index in [0.717, 1.165) is 19.1 Å². The van der Waals surface area contributed by atoms with Crippen molar-refractivity contribution in [2.24, 2.45) is 0 Å². The van der Waals surface area contributed by atoms with Crippen LogP contribution in [0.2, 0.25) is 0 Å². The summed E-state index contributed by atoms with van der Waals surface area (Å²) >= 11 is 0. The first-order valence-corrected chi connectivity index (χ1v) is 6.86. The molecule has 2 rings (SSSR count). The van der Waals surface area contributed by atoms with Crippen molar-refractivity contribution >= 4 is 12.4 Å². The fraction of sp³-hybridized carbons (Fsp3) is 0.643. The summed E-state index contributed by atoms with van der Waals surface area (Å²) in [6.07, 6.45) is 5.59. The molecule has 0 saturated carbocycles. The Morgan fingerprint density at radius 2 is 2.25 bits per heavy atom. The number of ether oxygens (including phenoxy) is 1. The average molecular weight is 279 g/mol. The number of piperidine rings is 1. The fourth-order valence-electron chi connectivity index (χ4n) is 2.28. The Bertz CT molecular complexity index is 490. The highest BCUT2D eigenvalue weighted by atomic mass is 16.6. The Morgan fingerprint density at radius 1 is 1.50 bits per heavy atom. The summed E-state index contributed by atoms with van der Waals surface area (Å²) in [6.45, 7) is 6.84. The van der Waals surface area contributed by atoms with Gasteiger partial charge in [0.05, 0.1) is 17.8 Å². The first-order chi connectivity index (χ1) is 9.39. The second-order valence-electron chi connectivity index (χ2n) is 6.09. The van der Waals surface area contributed by atoms with Crippen molar-refractivity contribution in [3.05, 3.63) is 18.0 Å². The van der Waals surface area contributed by atoms with Crippen LogP contribution < -0.4 is 0 Å². The molecule has 110 valence electrons. The fourth-order valence-corrected chi connectivity index (χ4v) is 2.28. The Labute approximate surface area is 118 Å². The molecule has 6 nitrogen and oxygen atoms in total. The lowest BCUT2D eigenvalue weighted by atomic mass is 10.1. The maximum atomic E-state index is 12.1. The van der Waals surface area contributed by atoms with E-state index in [1.165, 1.54) is 0 Å². The molecule has 1 unspecified atom stereocenters. The van der Waals surface area contributed by atoms with Crippen molar-refractivity contribution in [1.82, 2.24) is 14.7 Å². The number of carbonyl (C=O) groups is 2. The molecule has 0 aromatic carbocycles. The van der Waals surface area contributed by atoms with Gasteiger partial charge in [0.25, 0.3) is 0 Å². The molecule has 0 radical (unpaired) electrons. The Kier molecular flexibility index (Phi) is 4.11. The molecule has 1 aliphatic heterocycles. The van der Waals surface area contributed by atoms with E-state index < -0.39 is 5.60 Å². The van der Waals surface area contributed by atoms with E-state index in [9.17, 15) is 9.59 Å². The normalized spacial score (nSPS) is 19.8. The van der Waals surface area contributed by atoms with Gasteiger partial charge in [0.2, 0.25) is 0 Å². The molecule has 1 atom stereocenters. The molecular formula is C14H21N3O3. The Hall–Kier alpha value is -1.85. The van der Waals surface area contributed by atoms with E-state index in [1.54, 1.807) is 22.0 Å². The van der Waals surface area contributed by atoms with Gasteiger partial charge in [0.15, 0.2) is 6.29 Å². The number of nitrogens with zero attached hydrogens (tertiary/aromatic N) is 3. The monoisotopic (exact) mass is 279 g/mol. The van der Waals surface area contributed by atoms with Crippen LogP contribution in [0.4, 0.5) is 4.79 Å². The quantitative estimate of drug-likeness (QED) is 0.779. The van der Waals surface area contributed by atoms with Crippen molar-refractivity contribution in [3.63, 3.8) is 0 Å². The van der Waals surface area contributed by atoms with E-state index >= 15 is 0 Å². The molecule has 0 spiro atoms. The molecule has 1 aliphatic rings. The predicted molar refractivity (Wildman–Crippen MR) is 73.7 cm³/mol. The molecule has 1 aromatic heterocycles. The van der Waals surface area contributed by atoms with Crippen molar-refractivity contribution in [2.75, 3.05) is 13.1 Å². The number of amides is 1. The van der Waals surface area contributed by atoms with Gasteiger partial charge in [-0.1, -0.05) is 0 Å². The molecule has 2 heterocycles. The highest BCUT2D eigenvalue weighted by Gasteiger charge is 2.28. The number of aromatic nitrogens is 2. The summed E-state index contributed by atoms with van der Waals surface area (Å²) in [5, 5.41) is 4.19. The average Bonchev–Trinajstić information content (AvgIpc) is 2.85. The van der Waals surface area contributed by atoms with Gasteiger partial charge >= 0.3 is 6.09 Å². The first kappa shape index (κ1) is 14.6. The van der Waals surface area contributed by atoms with Crippen LogP contribution in [0.15, 0.2) is 12.4 Å². The SMILES string of the molecule is CC(C)(C)OC(=O)N1CCCC(n2cc(C=O)cn2)C1. The van der Waals surface area contributed by atoms with E-state index in [4.69, 9.17) is 4.74 Å². The zero-order chi connectivity index (χ0) is 14.8. The smallest absolute Gasteiger partial charge is 0.410 e. The number of likely N-dealkylation sites (tertiary alicyclic amines) is 1. The van der Waals surface area contributed by atoms with Gasteiger partial charge in [-0.3, -0.25) is 9.48 Å². The Balaban J connectivity index is 2.01. The highest BCUT2D eigenvalue weighted by Crippen LogP contribution is 2.22. The van der Waals surface area contributed by atoms with E-state index in [0.29, 0.717) is 18.7 Å². The minimum atomic E-state index is -0.486. The summed E-state index contributed by atoms with van der Waals surface area (Å²) in [4.78, 5) is 24.5. The molecule has 1 amide bonds. The molecule has 0 N–H and O–H groups in total. The summed E-state index contributed by atoms with van der Waals surface area (Å²) in [5.74, 6) is 0. The first-order valence-electron chi connectivity index (χ1n) is 6.86. The maximum absolute atomic E-state index is 12.1. The molecule has 1 fully saturated rings. The second kappa shape index (κ2) is 5.64. The maximum Gasteiger partial charge on any atom is 0.410 e.